The van der Waals surface area contributed by atoms with Crippen molar-refractivity contribution in [3.8, 4) is 0 Å². The van der Waals surface area contributed by atoms with E-state index in [4.69, 9.17) is 16.6 Å². The molecule has 9 aliphatic rings. The molecule has 6 unspecified atom stereocenters. The van der Waals surface area contributed by atoms with Gasteiger partial charge in [-0.15, -0.1) is 0 Å². The smallest absolute Gasteiger partial charge is 0.306 e. The van der Waals surface area contributed by atoms with Crippen molar-refractivity contribution < 1.29 is 40.5 Å². The summed E-state index contributed by atoms with van der Waals surface area (Å²) < 4.78 is 20.8. The molecule has 9 fully saturated rings. The predicted molar refractivity (Wildman–Crippen MR) is 260 cm³/mol. The summed E-state index contributed by atoms with van der Waals surface area (Å²) in [6.45, 7) is 16.1. The Bertz CT molecular complexity index is 1840. The van der Waals surface area contributed by atoms with Crippen LogP contribution in [-0.4, -0.2) is 75.7 Å². The number of aliphatic hydroxyl groups is 3. The Morgan fingerprint density at radius 3 is 1.72 bits per heavy atom. The molecular formula is C57H94N2O8. The number of carbonyl (C=O) groups excluding carboxylic acids is 3. The van der Waals surface area contributed by atoms with Crippen molar-refractivity contribution in [1.82, 2.24) is 5.32 Å². The van der Waals surface area contributed by atoms with E-state index in [1.807, 2.05) is 6.92 Å². The number of amides is 1. The van der Waals surface area contributed by atoms with Gasteiger partial charge in [0.15, 0.2) is 6.10 Å². The molecule has 0 aromatic heterocycles. The van der Waals surface area contributed by atoms with E-state index in [1.54, 1.807) is 0 Å². The number of hydrogen-bond acceptors (Lipinski definition) is 9. The standard InChI is InChI=1S/C57H94N2O8/c1-8-9-47(58)52(53(65)59-36-14-15-36)67-51(64)23-11-33(3)42-19-21-44-40-17-13-35-29-38(25-27-55(35,5)46(40)31-49(62)57(42,44)7)66-50(63)22-10-32(2)41-18-20-43-39-16-12-34-28-37(60)24-26-54(34,4)45(39)30-48(61)56(41,43)6/h32-49,52,60-62H,8-31,58H2,1-7H3,(H,59,65)/t32-,33-,34-,35-,37-,38-,39?,40?,41-,42-,43?,44?,45?,46?,47+,48+,49+,52+,54+,55+,56-,57-/m1/s1/i47D. The van der Waals surface area contributed by atoms with Crippen LogP contribution < -0.4 is 11.1 Å². The molecule has 0 spiro atoms. The quantitative estimate of drug-likeness (QED) is 0.100. The summed E-state index contributed by atoms with van der Waals surface area (Å²) in [5.41, 5.74) is 6.27. The Labute approximate surface area is 406 Å². The lowest BCUT2D eigenvalue weighted by atomic mass is 9.43. The zero-order valence-electron chi connectivity index (χ0n) is 43.8. The summed E-state index contributed by atoms with van der Waals surface area (Å²) in [5, 5.41) is 37.7. The van der Waals surface area contributed by atoms with Gasteiger partial charge in [0, 0.05) is 18.9 Å². The van der Waals surface area contributed by atoms with E-state index in [0.29, 0.717) is 78.4 Å². The van der Waals surface area contributed by atoms with E-state index >= 15 is 0 Å². The number of ether oxygens (including phenoxy) is 2. The van der Waals surface area contributed by atoms with Crippen LogP contribution in [0.25, 0.3) is 0 Å². The van der Waals surface area contributed by atoms with Gasteiger partial charge in [0.2, 0.25) is 0 Å². The molecule has 0 aromatic rings. The van der Waals surface area contributed by atoms with Crippen molar-refractivity contribution in [3.63, 3.8) is 0 Å². The van der Waals surface area contributed by atoms with Crippen LogP contribution in [0.2, 0.25) is 0 Å². The van der Waals surface area contributed by atoms with E-state index in [-0.39, 0.29) is 76.7 Å². The highest BCUT2D eigenvalue weighted by Crippen LogP contribution is 2.70. The van der Waals surface area contributed by atoms with Crippen molar-refractivity contribution in [1.29, 1.82) is 0 Å². The van der Waals surface area contributed by atoms with Crippen molar-refractivity contribution >= 4 is 17.8 Å². The van der Waals surface area contributed by atoms with Crippen LogP contribution >= 0.6 is 0 Å². The van der Waals surface area contributed by atoms with Crippen LogP contribution in [0.1, 0.15) is 204 Å². The first-order valence-electron chi connectivity index (χ1n) is 28.7. The minimum absolute atomic E-state index is 0.0469. The fourth-order valence-corrected chi connectivity index (χ4v) is 19.2. The number of rotatable bonds is 15. The number of carbonyl (C=O) groups is 3. The van der Waals surface area contributed by atoms with Gasteiger partial charge in [0.25, 0.3) is 5.91 Å². The molecular weight excluding hydrogens is 841 g/mol. The number of fused-ring (bicyclic) bond motifs is 10. The van der Waals surface area contributed by atoms with Crippen molar-refractivity contribution in [2.45, 2.75) is 245 Å². The van der Waals surface area contributed by atoms with Gasteiger partial charge in [-0.25, -0.2) is 0 Å². The molecule has 10 heteroatoms. The molecule has 1 amide bonds. The summed E-state index contributed by atoms with van der Waals surface area (Å²) >= 11 is 0. The Hall–Kier alpha value is -1.75. The Morgan fingerprint density at radius 2 is 1.18 bits per heavy atom. The van der Waals surface area contributed by atoms with Gasteiger partial charge in [0.05, 0.1) is 25.7 Å². The summed E-state index contributed by atoms with van der Waals surface area (Å²) in [6.07, 6.45) is 19.0. The Kier molecular flexibility index (Phi) is 14.1. The van der Waals surface area contributed by atoms with Crippen molar-refractivity contribution in [2.75, 3.05) is 0 Å². The molecule has 0 saturated heterocycles. The lowest BCUT2D eigenvalue weighted by Crippen LogP contribution is -2.59. The molecule has 0 aliphatic heterocycles. The number of aliphatic hydroxyl groups excluding tert-OH is 3. The van der Waals surface area contributed by atoms with E-state index in [9.17, 15) is 29.7 Å². The van der Waals surface area contributed by atoms with Crippen molar-refractivity contribution in [3.05, 3.63) is 0 Å². The van der Waals surface area contributed by atoms with E-state index < -0.39 is 30.1 Å². The molecule has 67 heavy (non-hydrogen) atoms. The first-order valence-corrected chi connectivity index (χ1v) is 28.2. The van der Waals surface area contributed by atoms with Gasteiger partial charge < -0.3 is 35.8 Å². The average Bonchev–Trinajstić information content (AvgIpc) is 3.92. The molecule has 9 aliphatic carbocycles. The predicted octanol–water partition coefficient (Wildman–Crippen LogP) is 9.67. The lowest BCUT2D eigenvalue weighted by molar-refractivity contribution is -0.182. The molecule has 0 aromatic carbocycles. The van der Waals surface area contributed by atoms with Gasteiger partial charge in [-0.2, -0.15) is 0 Å². The van der Waals surface area contributed by atoms with Crippen LogP contribution in [0, 0.1) is 92.7 Å². The number of nitrogens with one attached hydrogen (secondary N) is 1. The minimum Gasteiger partial charge on any atom is -0.462 e. The normalized spacial score (nSPS) is 48.0. The molecule has 0 radical (unpaired) electrons. The number of esters is 2. The fraction of sp³-hybridized carbons (Fsp3) is 0.947. The largest absolute Gasteiger partial charge is 0.462 e. The molecule has 22 atom stereocenters. The minimum atomic E-state index is -1.69. The molecule has 10 nitrogen and oxygen atoms in total. The highest BCUT2D eigenvalue weighted by Gasteiger charge is 2.66. The topological polar surface area (TPSA) is 168 Å². The number of hydrogen-bond donors (Lipinski definition) is 5. The summed E-state index contributed by atoms with van der Waals surface area (Å²) in [6, 6.07) is -1.61. The van der Waals surface area contributed by atoms with Gasteiger partial charge in [-0.1, -0.05) is 54.9 Å². The van der Waals surface area contributed by atoms with Crippen LogP contribution in [0.3, 0.4) is 0 Å². The molecule has 380 valence electrons. The van der Waals surface area contributed by atoms with E-state index in [1.165, 1.54) is 19.3 Å². The van der Waals surface area contributed by atoms with Gasteiger partial charge in [-0.3, -0.25) is 14.4 Å². The Balaban J connectivity index is 0.754. The summed E-state index contributed by atoms with van der Waals surface area (Å²) in [7, 11) is 0. The third-order valence-corrected chi connectivity index (χ3v) is 23.2. The SMILES string of the molecule is [2H][C@](N)(CCC)[C@H](OC(=O)CC[C@@H](C)[C@H]1CCC2C3CC[C@@H]4C[C@H](OC(=O)CC[C@@H](C)[C@H]5CCC6C7CC[C@@H]8C[C@H](O)CC[C@]8(C)C7C[C@H](O)[C@@]65C)CC[C@]4(C)C3C[C@H](O)[C@@]21C)C(=O)NC1CC1. The molecule has 0 bridgehead atoms. The van der Waals surface area contributed by atoms with Gasteiger partial charge in [-0.05, 0) is 228 Å². The first kappa shape index (κ1) is 48.9. The second-order valence-electron chi connectivity index (χ2n) is 26.2. The summed E-state index contributed by atoms with van der Waals surface area (Å²) in [5.74, 6) is 4.41. The average molecular weight is 936 g/mol. The maximum atomic E-state index is 13.7. The second-order valence-corrected chi connectivity index (χ2v) is 26.2. The summed E-state index contributed by atoms with van der Waals surface area (Å²) in [4.78, 5) is 40.1. The lowest BCUT2D eigenvalue weighted by Gasteiger charge is -2.62. The van der Waals surface area contributed by atoms with Crippen LogP contribution in [0.4, 0.5) is 0 Å². The molecule has 9 saturated carbocycles. The molecule has 6 N–H and O–H groups in total. The van der Waals surface area contributed by atoms with Gasteiger partial charge in [0.1, 0.15) is 6.10 Å². The monoisotopic (exact) mass is 936 g/mol. The zero-order valence-corrected chi connectivity index (χ0v) is 42.8. The van der Waals surface area contributed by atoms with Crippen LogP contribution in [-0.2, 0) is 23.9 Å². The van der Waals surface area contributed by atoms with E-state index in [0.717, 1.165) is 103 Å². The highest BCUT2D eigenvalue weighted by molar-refractivity contribution is 5.85. The number of nitrogens with two attached hydrogens (primary N) is 1. The maximum absolute atomic E-state index is 13.7. The van der Waals surface area contributed by atoms with Gasteiger partial charge >= 0.3 is 11.9 Å². The van der Waals surface area contributed by atoms with Crippen LogP contribution in [0.5, 0.6) is 0 Å². The molecule has 0 heterocycles. The third kappa shape index (κ3) is 9.01. The second kappa shape index (κ2) is 19.4. The molecule has 9 rings (SSSR count). The fourth-order valence-electron chi connectivity index (χ4n) is 19.2. The maximum Gasteiger partial charge on any atom is 0.306 e. The van der Waals surface area contributed by atoms with Crippen molar-refractivity contribution in [2.24, 2.45) is 98.4 Å². The third-order valence-electron chi connectivity index (χ3n) is 23.2. The zero-order chi connectivity index (χ0) is 48.7. The van der Waals surface area contributed by atoms with E-state index in [2.05, 4.69) is 46.9 Å². The first-order chi connectivity index (χ1) is 32.1. The highest BCUT2D eigenvalue weighted by atomic mass is 16.6. The Morgan fingerprint density at radius 1 is 0.657 bits per heavy atom. The van der Waals surface area contributed by atoms with Crippen LogP contribution in [0.15, 0.2) is 0 Å².